The zero-order valence-corrected chi connectivity index (χ0v) is 8.92. The third-order valence-electron chi connectivity index (χ3n) is 2.81. The molecule has 1 amide bonds. The lowest BCUT2D eigenvalue weighted by Crippen LogP contribution is -2.23. The number of fused-ring (bicyclic) bond motifs is 1. The molecule has 1 aliphatic rings. The Morgan fingerprint density at radius 1 is 1.47 bits per heavy atom. The van der Waals surface area contributed by atoms with Crippen LogP contribution in [-0.2, 0) is 6.42 Å². The van der Waals surface area contributed by atoms with E-state index in [-0.39, 0.29) is 11.9 Å². The summed E-state index contributed by atoms with van der Waals surface area (Å²) in [5.41, 5.74) is 8.75. The van der Waals surface area contributed by atoms with Crippen molar-refractivity contribution in [1.29, 1.82) is 0 Å². The van der Waals surface area contributed by atoms with Crippen molar-refractivity contribution in [3.63, 3.8) is 0 Å². The van der Waals surface area contributed by atoms with Crippen LogP contribution in [0, 0.1) is 0 Å². The largest absolute Gasteiger partial charge is 0.352 e. The maximum Gasteiger partial charge on any atom is 0.251 e. The van der Waals surface area contributed by atoms with E-state index in [1.807, 2.05) is 25.1 Å². The second-order valence-electron chi connectivity index (χ2n) is 4.06. The van der Waals surface area contributed by atoms with Crippen LogP contribution >= 0.6 is 0 Å². The van der Waals surface area contributed by atoms with Crippen LogP contribution in [-0.4, -0.2) is 12.5 Å². The van der Waals surface area contributed by atoms with E-state index in [1.165, 1.54) is 0 Å². The Hall–Kier alpha value is -1.35. The van der Waals surface area contributed by atoms with Crippen LogP contribution in [0.3, 0.4) is 0 Å². The van der Waals surface area contributed by atoms with Gasteiger partial charge in [-0.1, -0.05) is 12.1 Å². The van der Waals surface area contributed by atoms with Gasteiger partial charge in [-0.3, -0.25) is 4.79 Å². The van der Waals surface area contributed by atoms with Crippen LogP contribution in [0.4, 0.5) is 0 Å². The van der Waals surface area contributed by atoms with Crippen molar-refractivity contribution in [3.8, 4) is 0 Å². The number of benzene rings is 1. The molecule has 1 atom stereocenters. The molecule has 3 nitrogen and oxygen atoms in total. The van der Waals surface area contributed by atoms with E-state index < -0.39 is 0 Å². The van der Waals surface area contributed by atoms with Crippen molar-refractivity contribution in [1.82, 2.24) is 5.32 Å². The van der Waals surface area contributed by atoms with Gasteiger partial charge in [-0.15, -0.1) is 0 Å². The minimum Gasteiger partial charge on any atom is -0.352 e. The number of nitrogens with two attached hydrogens (primary N) is 1. The molecule has 1 aromatic carbocycles. The van der Waals surface area contributed by atoms with Gasteiger partial charge in [0, 0.05) is 18.2 Å². The second-order valence-corrected chi connectivity index (χ2v) is 4.06. The first-order chi connectivity index (χ1) is 7.18. The number of rotatable bonds is 1. The van der Waals surface area contributed by atoms with Crippen LogP contribution in [0.1, 0.15) is 40.9 Å². The van der Waals surface area contributed by atoms with Crippen LogP contribution in [0.2, 0.25) is 0 Å². The molecule has 0 aromatic heterocycles. The first-order valence-corrected chi connectivity index (χ1v) is 5.35. The van der Waals surface area contributed by atoms with Gasteiger partial charge < -0.3 is 11.1 Å². The second kappa shape index (κ2) is 4.03. The molecule has 80 valence electrons. The molecule has 0 aliphatic carbocycles. The summed E-state index contributed by atoms with van der Waals surface area (Å²) in [6.45, 7) is 2.69. The SMILES string of the molecule is CC(N)c1ccc2c(c1)C(=O)NCCC2. The zero-order valence-electron chi connectivity index (χ0n) is 8.92. The third kappa shape index (κ3) is 2.02. The molecule has 0 spiro atoms. The van der Waals surface area contributed by atoms with Crippen LogP contribution in [0.25, 0.3) is 0 Å². The van der Waals surface area contributed by atoms with Crippen molar-refractivity contribution >= 4 is 5.91 Å². The summed E-state index contributed by atoms with van der Waals surface area (Å²) in [5, 5.41) is 2.89. The Bertz CT molecular complexity index is 385. The first kappa shape index (κ1) is 10.2. The fourth-order valence-electron chi connectivity index (χ4n) is 1.88. The van der Waals surface area contributed by atoms with E-state index in [2.05, 4.69) is 5.32 Å². The molecule has 0 bridgehead atoms. The van der Waals surface area contributed by atoms with Gasteiger partial charge in [-0.05, 0) is 37.0 Å². The Labute approximate surface area is 89.7 Å². The molecule has 1 heterocycles. The summed E-state index contributed by atoms with van der Waals surface area (Å²) in [5.74, 6) is 0.0324. The zero-order chi connectivity index (χ0) is 10.8. The minimum absolute atomic E-state index is 0.0219. The highest BCUT2D eigenvalue weighted by Crippen LogP contribution is 2.19. The van der Waals surface area contributed by atoms with Gasteiger partial charge in [0.15, 0.2) is 0 Å². The Balaban J connectivity index is 2.44. The van der Waals surface area contributed by atoms with Gasteiger partial charge in [0.2, 0.25) is 0 Å². The minimum atomic E-state index is -0.0219. The van der Waals surface area contributed by atoms with E-state index >= 15 is 0 Å². The lowest BCUT2D eigenvalue weighted by Gasteiger charge is -2.10. The number of hydrogen-bond acceptors (Lipinski definition) is 2. The number of aryl methyl sites for hydroxylation is 1. The normalized spacial score (nSPS) is 17.6. The Morgan fingerprint density at radius 2 is 2.27 bits per heavy atom. The number of amides is 1. The lowest BCUT2D eigenvalue weighted by atomic mass is 9.98. The predicted octanol–water partition coefficient (Wildman–Crippen LogP) is 1.38. The van der Waals surface area contributed by atoms with Crippen molar-refractivity contribution in [2.45, 2.75) is 25.8 Å². The quantitative estimate of drug-likeness (QED) is 0.726. The van der Waals surface area contributed by atoms with Crippen LogP contribution in [0.5, 0.6) is 0 Å². The number of nitrogens with one attached hydrogen (secondary N) is 1. The number of carbonyl (C=O) groups is 1. The summed E-state index contributed by atoms with van der Waals surface area (Å²) < 4.78 is 0. The molecular formula is C12H16N2O. The maximum absolute atomic E-state index is 11.7. The summed E-state index contributed by atoms with van der Waals surface area (Å²) >= 11 is 0. The molecule has 0 saturated carbocycles. The fraction of sp³-hybridized carbons (Fsp3) is 0.417. The van der Waals surface area contributed by atoms with E-state index in [0.29, 0.717) is 0 Å². The standard InChI is InChI=1S/C12H16N2O/c1-8(13)10-5-4-9-3-2-6-14-12(15)11(9)7-10/h4-5,7-8H,2-3,6,13H2,1H3,(H,14,15). The lowest BCUT2D eigenvalue weighted by molar-refractivity contribution is 0.0956. The highest BCUT2D eigenvalue weighted by Gasteiger charge is 2.15. The topological polar surface area (TPSA) is 55.1 Å². The van der Waals surface area contributed by atoms with Gasteiger partial charge in [-0.25, -0.2) is 0 Å². The monoisotopic (exact) mass is 204 g/mol. The van der Waals surface area contributed by atoms with Crippen molar-refractivity contribution in [3.05, 3.63) is 34.9 Å². The summed E-state index contributed by atoms with van der Waals surface area (Å²) in [6, 6.07) is 5.94. The highest BCUT2D eigenvalue weighted by molar-refractivity contribution is 5.96. The smallest absolute Gasteiger partial charge is 0.251 e. The van der Waals surface area contributed by atoms with E-state index in [0.717, 1.165) is 36.1 Å². The first-order valence-electron chi connectivity index (χ1n) is 5.35. The van der Waals surface area contributed by atoms with E-state index in [4.69, 9.17) is 5.73 Å². The molecule has 3 heteroatoms. The molecule has 0 saturated heterocycles. The highest BCUT2D eigenvalue weighted by atomic mass is 16.1. The van der Waals surface area contributed by atoms with E-state index in [1.54, 1.807) is 0 Å². The molecular weight excluding hydrogens is 188 g/mol. The average molecular weight is 204 g/mol. The number of hydrogen-bond donors (Lipinski definition) is 2. The molecule has 2 rings (SSSR count). The van der Waals surface area contributed by atoms with Gasteiger partial charge in [-0.2, -0.15) is 0 Å². The number of carbonyl (C=O) groups excluding carboxylic acids is 1. The van der Waals surface area contributed by atoms with Gasteiger partial charge >= 0.3 is 0 Å². The summed E-state index contributed by atoms with van der Waals surface area (Å²) in [7, 11) is 0. The van der Waals surface area contributed by atoms with Crippen LogP contribution < -0.4 is 11.1 Å². The van der Waals surface area contributed by atoms with Gasteiger partial charge in [0.1, 0.15) is 0 Å². The average Bonchev–Trinajstić information content (AvgIpc) is 2.40. The van der Waals surface area contributed by atoms with Crippen molar-refractivity contribution < 1.29 is 4.79 Å². The Morgan fingerprint density at radius 3 is 3.00 bits per heavy atom. The van der Waals surface area contributed by atoms with E-state index in [9.17, 15) is 4.79 Å². The maximum atomic E-state index is 11.7. The predicted molar refractivity (Wildman–Crippen MR) is 59.7 cm³/mol. The fourth-order valence-corrected chi connectivity index (χ4v) is 1.88. The summed E-state index contributed by atoms with van der Waals surface area (Å²) in [6.07, 6.45) is 1.98. The van der Waals surface area contributed by atoms with Crippen molar-refractivity contribution in [2.75, 3.05) is 6.54 Å². The van der Waals surface area contributed by atoms with Gasteiger partial charge in [0.25, 0.3) is 5.91 Å². The van der Waals surface area contributed by atoms with Gasteiger partial charge in [0.05, 0.1) is 0 Å². The summed E-state index contributed by atoms with van der Waals surface area (Å²) in [4.78, 5) is 11.7. The van der Waals surface area contributed by atoms with Crippen molar-refractivity contribution in [2.24, 2.45) is 5.73 Å². The molecule has 3 N–H and O–H groups in total. The Kier molecular flexibility index (Phi) is 2.73. The molecule has 0 fully saturated rings. The molecule has 1 aromatic rings. The molecule has 0 radical (unpaired) electrons. The molecule has 15 heavy (non-hydrogen) atoms. The molecule has 1 aliphatic heterocycles. The molecule has 1 unspecified atom stereocenters. The van der Waals surface area contributed by atoms with Crippen LogP contribution in [0.15, 0.2) is 18.2 Å². The third-order valence-corrected chi connectivity index (χ3v) is 2.81.